The molecule has 12 heavy (non-hydrogen) atoms. The number of aliphatic hydroxyl groups excluding tert-OH is 1. The van der Waals surface area contributed by atoms with Gasteiger partial charge in [-0.25, -0.2) is 0 Å². The van der Waals surface area contributed by atoms with E-state index in [1.165, 1.54) is 0 Å². The van der Waals surface area contributed by atoms with Crippen LogP contribution in [0.1, 0.15) is 6.93 Å². The van der Waals surface area contributed by atoms with Crippen molar-refractivity contribution in [1.82, 2.24) is 0 Å². The number of aliphatic hydroxyl groups is 1. The molecule has 0 heterocycles. The summed E-state index contributed by atoms with van der Waals surface area (Å²) in [6, 6.07) is 13.4. The molecule has 1 nitrogen and oxygen atoms in total. The van der Waals surface area contributed by atoms with Crippen LogP contribution in [-0.2, 0) is 6.58 Å². The van der Waals surface area contributed by atoms with Gasteiger partial charge in [-0.1, -0.05) is 36.4 Å². The molecule has 0 spiro atoms. The quantitative estimate of drug-likeness (QED) is 0.677. The van der Waals surface area contributed by atoms with Gasteiger partial charge in [0.05, 0.1) is 7.95 Å². The number of hydrogen-bond acceptors (Lipinski definition) is 1. The summed E-state index contributed by atoms with van der Waals surface area (Å²) >= 11 is 0. The molecule has 0 aliphatic carbocycles. The van der Waals surface area contributed by atoms with Crippen LogP contribution in [0, 0.1) is 0 Å². The van der Waals surface area contributed by atoms with E-state index in [9.17, 15) is 0 Å². The van der Waals surface area contributed by atoms with E-state index in [2.05, 4.69) is 0 Å². The van der Waals surface area contributed by atoms with E-state index in [1.807, 2.05) is 36.4 Å². The average molecular weight is 159 g/mol. The summed E-state index contributed by atoms with van der Waals surface area (Å²) in [5.74, 6) is 0. The van der Waals surface area contributed by atoms with Gasteiger partial charge >= 0.3 is 0 Å². The van der Waals surface area contributed by atoms with E-state index in [0.29, 0.717) is 5.56 Å². The first-order valence-corrected chi connectivity index (χ1v) is 3.86. The van der Waals surface area contributed by atoms with Crippen molar-refractivity contribution in [3.63, 3.8) is 0 Å². The highest BCUT2D eigenvalue weighted by molar-refractivity contribution is 5.82. The molecule has 0 radical (unpaired) electrons. The molecule has 0 saturated carbocycles. The third kappa shape index (κ3) is 1.19. The highest BCUT2D eigenvalue weighted by atomic mass is 16.3. The summed E-state index contributed by atoms with van der Waals surface area (Å²) in [6.07, 6.45) is 0. The summed E-state index contributed by atoms with van der Waals surface area (Å²) in [4.78, 5) is 0. The second-order valence-electron chi connectivity index (χ2n) is 2.74. The van der Waals surface area contributed by atoms with Crippen LogP contribution in [0.25, 0.3) is 10.8 Å². The fraction of sp³-hybridized carbons (Fsp3) is 0.0909. The molecule has 1 heteroatoms. The maximum absolute atomic E-state index is 9.05. The third-order valence-corrected chi connectivity index (χ3v) is 1.92. The molecule has 1 unspecified atom stereocenters. The highest BCUT2D eigenvalue weighted by Crippen LogP contribution is 2.15. The zero-order valence-electron chi connectivity index (χ0n) is 7.57. The lowest BCUT2D eigenvalue weighted by molar-refractivity contribution is 0.282. The summed E-state index contributed by atoms with van der Waals surface area (Å²) in [7, 11) is 0. The van der Waals surface area contributed by atoms with Crippen LogP contribution in [0.3, 0.4) is 0 Å². The van der Waals surface area contributed by atoms with Gasteiger partial charge in [0.15, 0.2) is 0 Å². The fourth-order valence-corrected chi connectivity index (χ4v) is 1.29. The molecule has 0 aromatic heterocycles. The number of fused-ring (bicyclic) bond motifs is 1. The molecule has 1 N–H and O–H groups in total. The van der Waals surface area contributed by atoms with E-state index in [4.69, 9.17) is 6.48 Å². The standard InChI is InChI=1S/C11H10O/c12-8-9-5-6-10-3-1-2-4-11(10)7-9/h1-7,12H,8H2/i8D. The molecule has 2 rings (SSSR count). The Morgan fingerprint density at radius 3 is 2.58 bits per heavy atom. The van der Waals surface area contributed by atoms with E-state index in [-0.39, 0.29) is 0 Å². The van der Waals surface area contributed by atoms with Crippen molar-refractivity contribution in [3.8, 4) is 0 Å². The average Bonchev–Trinajstić information content (AvgIpc) is 2.17. The van der Waals surface area contributed by atoms with Crippen LogP contribution in [0.2, 0.25) is 0 Å². The van der Waals surface area contributed by atoms with Gasteiger partial charge in [0, 0.05) is 0 Å². The Kier molecular flexibility index (Phi) is 1.53. The van der Waals surface area contributed by atoms with Crippen molar-refractivity contribution < 1.29 is 6.48 Å². The van der Waals surface area contributed by atoms with Crippen LogP contribution in [0.15, 0.2) is 42.5 Å². The topological polar surface area (TPSA) is 20.2 Å². The van der Waals surface area contributed by atoms with Crippen LogP contribution in [0.5, 0.6) is 0 Å². The molecule has 0 bridgehead atoms. The molecular weight excluding hydrogens is 148 g/mol. The van der Waals surface area contributed by atoms with E-state index in [0.717, 1.165) is 10.8 Å². The van der Waals surface area contributed by atoms with Crippen molar-refractivity contribution in [2.75, 3.05) is 0 Å². The third-order valence-electron chi connectivity index (χ3n) is 1.92. The second-order valence-corrected chi connectivity index (χ2v) is 2.74. The minimum atomic E-state index is -1.13. The largest absolute Gasteiger partial charge is 0.392 e. The number of benzene rings is 2. The Labute approximate surface area is 72.7 Å². The van der Waals surface area contributed by atoms with Crippen molar-refractivity contribution in [2.24, 2.45) is 0 Å². The first-order chi connectivity index (χ1) is 6.27. The van der Waals surface area contributed by atoms with Crippen LogP contribution < -0.4 is 0 Å². The van der Waals surface area contributed by atoms with Crippen LogP contribution >= 0.6 is 0 Å². The van der Waals surface area contributed by atoms with Crippen molar-refractivity contribution in [2.45, 2.75) is 6.58 Å². The zero-order chi connectivity index (χ0) is 9.26. The lowest BCUT2D eigenvalue weighted by atomic mass is 10.1. The van der Waals surface area contributed by atoms with E-state index >= 15 is 0 Å². The Bertz CT molecular complexity index is 423. The Morgan fingerprint density at radius 2 is 1.83 bits per heavy atom. The lowest BCUT2D eigenvalue weighted by Crippen LogP contribution is -1.81. The van der Waals surface area contributed by atoms with Gasteiger partial charge in [-0.15, -0.1) is 0 Å². The van der Waals surface area contributed by atoms with Gasteiger partial charge in [-0.05, 0) is 22.4 Å². The zero-order valence-corrected chi connectivity index (χ0v) is 6.57. The van der Waals surface area contributed by atoms with Gasteiger partial charge in [0.1, 0.15) is 0 Å². The molecule has 0 amide bonds. The Morgan fingerprint density at radius 1 is 1.08 bits per heavy atom. The van der Waals surface area contributed by atoms with Gasteiger partial charge in [-0.2, -0.15) is 0 Å². The first-order valence-electron chi connectivity index (χ1n) is 4.44. The van der Waals surface area contributed by atoms with Crippen molar-refractivity contribution in [1.29, 1.82) is 0 Å². The summed E-state index contributed by atoms with van der Waals surface area (Å²) in [5.41, 5.74) is 0.638. The molecule has 2 aromatic carbocycles. The number of hydrogen-bond donors (Lipinski definition) is 1. The predicted molar refractivity (Wildman–Crippen MR) is 49.9 cm³/mol. The van der Waals surface area contributed by atoms with Gasteiger partial charge in [0.25, 0.3) is 0 Å². The molecule has 0 aliphatic rings. The van der Waals surface area contributed by atoms with E-state index in [1.54, 1.807) is 6.07 Å². The minimum Gasteiger partial charge on any atom is -0.392 e. The molecule has 0 saturated heterocycles. The minimum absolute atomic E-state index is 0.638. The summed E-state index contributed by atoms with van der Waals surface area (Å²) < 4.78 is 7.15. The molecule has 0 fully saturated rings. The first kappa shape index (κ1) is 6.21. The smallest absolute Gasteiger partial charge is 0.0682 e. The van der Waals surface area contributed by atoms with Crippen LogP contribution in [-0.4, -0.2) is 5.11 Å². The SMILES string of the molecule is [2H]C(O)c1ccc2ccccc2c1. The Balaban J connectivity index is 2.62. The molecule has 0 aliphatic heterocycles. The summed E-state index contributed by atoms with van der Waals surface area (Å²) in [5, 5.41) is 11.2. The second kappa shape index (κ2) is 2.95. The van der Waals surface area contributed by atoms with Gasteiger partial charge in [-0.3, -0.25) is 0 Å². The van der Waals surface area contributed by atoms with Gasteiger partial charge in [0.2, 0.25) is 0 Å². The summed E-state index contributed by atoms with van der Waals surface area (Å²) in [6.45, 7) is -1.13. The van der Waals surface area contributed by atoms with Gasteiger partial charge < -0.3 is 5.11 Å². The molecule has 2 aromatic rings. The number of rotatable bonds is 1. The lowest BCUT2D eigenvalue weighted by Gasteiger charge is -1.99. The predicted octanol–water partition coefficient (Wildman–Crippen LogP) is 2.33. The molecule has 1 atom stereocenters. The normalized spacial score (nSPS) is 14.2. The van der Waals surface area contributed by atoms with E-state index < -0.39 is 6.58 Å². The molecular formula is C11H10O. The fourth-order valence-electron chi connectivity index (χ4n) is 1.29. The highest BCUT2D eigenvalue weighted by Gasteiger charge is 1.92. The monoisotopic (exact) mass is 159 g/mol. The molecule has 60 valence electrons. The Hall–Kier alpha value is -1.34. The van der Waals surface area contributed by atoms with Crippen molar-refractivity contribution >= 4 is 10.8 Å². The van der Waals surface area contributed by atoms with Crippen molar-refractivity contribution in [3.05, 3.63) is 48.0 Å². The maximum Gasteiger partial charge on any atom is 0.0682 e. The maximum atomic E-state index is 9.05. The van der Waals surface area contributed by atoms with Crippen LogP contribution in [0.4, 0.5) is 0 Å².